The minimum absolute atomic E-state index is 0.723. The van der Waals surface area contributed by atoms with Gasteiger partial charge in [-0.05, 0) is 57.2 Å². The van der Waals surface area contributed by atoms with E-state index in [1.165, 1.54) is 43.4 Å². The van der Waals surface area contributed by atoms with E-state index in [1.807, 2.05) is 0 Å². The number of nitrogens with one attached hydrogen (secondary N) is 1. The van der Waals surface area contributed by atoms with Crippen LogP contribution in [0.15, 0.2) is 24.3 Å². The fourth-order valence-electron chi connectivity index (χ4n) is 4.07. The van der Waals surface area contributed by atoms with Crippen molar-refractivity contribution >= 4 is 5.69 Å². The number of hydrogen-bond acceptors (Lipinski definition) is 2. The molecule has 1 N–H and O–H groups in total. The predicted octanol–water partition coefficient (Wildman–Crippen LogP) is 3.36. The lowest BCUT2D eigenvalue weighted by atomic mass is 9.81. The SMILES string of the molecule is CCc1ccccc1N1C2CCCC1CC(NC)C2. The number of nitrogens with zero attached hydrogens (tertiary/aromatic N) is 1. The van der Waals surface area contributed by atoms with Crippen LogP contribution in [0.25, 0.3) is 0 Å². The molecule has 1 aromatic rings. The molecule has 3 rings (SSSR count). The molecule has 104 valence electrons. The average Bonchev–Trinajstić information content (AvgIpc) is 2.45. The fourth-order valence-corrected chi connectivity index (χ4v) is 4.07. The summed E-state index contributed by atoms with van der Waals surface area (Å²) < 4.78 is 0. The molecule has 2 fully saturated rings. The number of aryl methyl sites for hydroxylation is 1. The van der Waals surface area contributed by atoms with E-state index in [2.05, 4.69) is 48.5 Å². The van der Waals surface area contributed by atoms with Gasteiger partial charge in [0.2, 0.25) is 0 Å². The Hall–Kier alpha value is -1.02. The van der Waals surface area contributed by atoms with Gasteiger partial charge in [-0.1, -0.05) is 25.1 Å². The first-order chi connectivity index (χ1) is 9.33. The van der Waals surface area contributed by atoms with E-state index in [0.29, 0.717) is 0 Å². The Balaban J connectivity index is 1.91. The van der Waals surface area contributed by atoms with Crippen LogP contribution in [0.3, 0.4) is 0 Å². The zero-order chi connectivity index (χ0) is 13.2. The molecule has 2 aliphatic rings. The highest BCUT2D eigenvalue weighted by atomic mass is 15.2. The van der Waals surface area contributed by atoms with Crippen LogP contribution in [0.4, 0.5) is 5.69 Å². The fraction of sp³-hybridized carbons (Fsp3) is 0.647. The molecule has 0 aliphatic carbocycles. The zero-order valence-corrected chi connectivity index (χ0v) is 12.2. The van der Waals surface area contributed by atoms with Gasteiger partial charge < -0.3 is 10.2 Å². The lowest BCUT2D eigenvalue weighted by Gasteiger charge is -2.51. The van der Waals surface area contributed by atoms with Crippen molar-refractivity contribution in [1.82, 2.24) is 5.32 Å². The second-order valence-electron chi connectivity index (χ2n) is 6.09. The molecule has 2 unspecified atom stereocenters. The third-order valence-corrected chi connectivity index (χ3v) is 5.03. The summed E-state index contributed by atoms with van der Waals surface area (Å²) in [6.45, 7) is 2.27. The molecule has 2 aliphatic heterocycles. The van der Waals surface area contributed by atoms with Crippen molar-refractivity contribution in [2.45, 2.75) is 63.6 Å². The van der Waals surface area contributed by atoms with Crippen molar-refractivity contribution in [3.63, 3.8) is 0 Å². The van der Waals surface area contributed by atoms with E-state index in [0.717, 1.165) is 24.5 Å². The van der Waals surface area contributed by atoms with Crippen molar-refractivity contribution < 1.29 is 0 Å². The first-order valence-corrected chi connectivity index (χ1v) is 7.87. The molecule has 2 atom stereocenters. The van der Waals surface area contributed by atoms with Crippen molar-refractivity contribution in [2.75, 3.05) is 11.9 Å². The third kappa shape index (κ3) is 2.38. The summed E-state index contributed by atoms with van der Waals surface area (Å²) >= 11 is 0. The summed E-state index contributed by atoms with van der Waals surface area (Å²) in [5.41, 5.74) is 3.02. The molecule has 2 saturated heterocycles. The Morgan fingerprint density at radius 3 is 2.47 bits per heavy atom. The molecule has 0 saturated carbocycles. The van der Waals surface area contributed by atoms with E-state index in [1.54, 1.807) is 0 Å². The highest BCUT2D eigenvalue weighted by Crippen LogP contribution is 2.39. The van der Waals surface area contributed by atoms with Gasteiger partial charge in [-0.15, -0.1) is 0 Å². The smallest absolute Gasteiger partial charge is 0.0403 e. The Kier molecular flexibility index (Phi) is 3.79. The van der Waals surface area contributed by atoms with Gasteiger partial charge in [0.1, 0.15) is 0 Å². The minimum atomic E-state index is 0.723. The number of hydrogen-bond donors (Lipinski definition) is 1. The number of piperidine rings is 2. The topological polar surface area (TPSA) is 15.3 Å². The molecular formula is C17H26N2. The van der Waals surface area contributed by atoms with Crippen molar-refractivity contribution in [2.24, 2.45) is 0 Å². The van der Waals surface area contributed by atoms with Gasteiger partial charge >= 0.3 is 0 Å². The van der Waals surface area contributed by atoms with Crippen LogP contribution < -0.4 is 10.2 Å². The molecule has 2 heterocycles. The Bertz CT molecular complexity index is 415. The maximum absolute atomic E-state index is 3.51. The zero-order valence-electron chi connectivity index (χ0n) is 12.2. The van der Waals surface area contributed by atoms with Crippen LogP contribution in [-0.4, -0.2) is 25.2 Å². The molecule has 0 radical (unpaired) electrons. The summed E-state index contributed by atoms with van der Waals surface area (Å²) in [6.07, 6.45) is 7.91. The average molecular weight is 258 g/mol. The summed E-state index contributed by atoms with van der Waals surface area (Å²) in [5, 5.41) is 3.51. The van der Waals surface area contributed by atoms with Crippen LogP contribution in [0.2, 0.25) is 0 Å². The lowest BCUT2D eigenvalue weighted by molar-refractivity contribution is 0.252. The van der Waals surface area contributed by atoms with Crippen molar-refractivity contribution in [3.05, 3.63) is 29.8 Å². The minimum Gasteiger partial charge on any atom is -0.365 e. The normalized spacial score (nSPS) is 30.4. The Labute approximate surface area is 117 Å². The summed E-state index contributed by atoms with van der Waals surface area (Å²) in [7, 11) is 2.12. The summed E-state index contributed by atoms with van der Waals surface area (Å²) in [4.78, 5) is 2.76. The monoisotopic (exact) mass is 258 g/mol. The van der Waals surface area contributed by atoms with Crippen LogP contribution in [0.1, 0.15) is 44.6 Å². The summed E-state index contributed by atoms with van der Waals surface area (Å²) in [6, 6.07) is 11.2. The maximum Gasteiger partial charge on any atom is 0.0403 e. The van der Waals surface area contributed by atoms with Crippen LogP contribution in [-0.2, 0) is 6.42 Å². The van der Waals surface area contributed by atoms with Gasteiger partial charge in [0.05, 0.1) is 0 Å². The van der Waals surface area contributed by atoms with Crippen LogP contribution in [0.5, 0.6) is 0 Å². The largest absolute Gasteiger partial charge is 0.365 e. The van der Waals surface area contributed by atoms with Crippen molar-refractivity contribution in [3.8, 4) is 0 Å². The van der Waals surface area contributed by atoms with Crippen LogP contribution >= 0.6 is 0 Å². The standard InChI is InChI=1S/C17H26N2/c1-3-13-7-4-5-10-17(13)19-15-8-6-9-16(19)12-14(11-15)18-2/h4-5,7,10,14-16,18H,3,6,8-9,11-12H2,1-2H3. The quantitative estimate of drug-likeness (QED) is 0.894. The molecule has 0 amide bonds. The van der Waals surface area contributed by atoms with Gasteiger partial charge in [0.25, 0.3) is 0 Å². The lowest BCUT2D eigenvalue weighted by Crippen LogP contribution is -2.56. The van der Waals surface area contributed by atoms with E-state index in [-0.39, 0.29) is 0 Å². The van der Waals surface area contributed by atoms with E-state index < -0.39 is 0 Å². The number of fused-ring (bicyclic) bond motifs is 2. The molecule has 0 spiro atoms. The second kappa shape index (κ2) is 5.54. The van der Waals surface area contributed by atoms with Gasteiger partial charge in [-0.25, -0.2) is 0 Å². The molecule has 2 heteroatoms. The highest BCUT2D eigenvalue weighted by Gasteiger charge is 2.38. The van der Waals surface area contributed by atoms with Gasteiger partial charge in [-0.3, -0.25) is 0 Å². The van der Waals surface area contributed by atoms with Gasteiger partial charge in [-0.2, -0.15) is 0 Å². The number of rotatable bonds is 3. The molecule has 2 bridgehead atoms. The van der Waals surface area contributed by atoms with Crippen LogP contribution in [0, 0.1) is 0 Å². The van der Waals surface area contributed by atoms with Gasteiger partial charge in [0.15, 0.2) is 0 Å². The van der Waals surface area contributed by atoms with E-state index >= 15 is 0 Å². The first kappa shape index (κ1) is 13.0. The summed E-state index contributed by atoms with van der Waals surface area (Å²) in [5.74, 6) is 0. The Morgan fingerprint density at radius 1 is 1.16 bits per heavy atom. The third-order valence-electron chi connectivity index (χ3n) is 5.03. The Morgan fingerprint density at radius 2 is 1.84 bits per heavy atom. The number of para-hydroxylation sites is 1. The van der Waals surface area contributed by atoms with E-state index in [9.17, 15) is 0 Å². The molecule has 2 nitrogen and oxygen atoms in total. The molecule has 0 aromatic heterocycles. The number of anilines is 1. The first-order valence-electron chi connectivity index (χ1n) is 7.87. The number of benzene rings is 1. The molecule has 1 aromatic carbocycles. The predicted molar refractivity (Wildman–Crippen MR) is 81.8 cm³/mol. The van der Waals surface area contributed by atoms with Gasteiger partial charge in [0, 0.05) is 23.8 Å². The maximum atomic E-state index is 3.51. The van der Waals surface area contributed by atoms with Crippen molar-refractivity contribution in [1.29, 1.82) is 0 Å². The molecule has 19 heavy (non-hydrogen) atoms. The second-order valence-corrected chi connectivity index (χ2v) is 6.09. The van der Waals surface area contributed by atoms with E-state index in [4.69, 9.17) is 0 Å². The highest BCUT2D eigenvalue weighted by molar-refractivity contribution is 5.56. The molecular weight excluding hydrogens is 232 g/mol.